The van der Waals surface area contributed by atoms with Gasteiger partial charge < -0.3 is 0 Å². The first-order valence-electron chi connectivity index (χ1n) is 6.19. The Hall–Kier alpha value is -1.94. The SMILES string of the molecule is CCC(Cl)c1cn(-c2ccc3ncccc3c2)nn1. The average Bonchev–Trinajstić information content (AvgIpc) is 2.95. The van der Waals surface area contributed by atoms with Crippen molar-refractivity contribution in [3.63, 3.8) is 0 Å². The Morgan fingerprint density at radius 3 is 3.05 bits per heavy atom. The van der Waals surface area contributed by atoms with Crippen molar-refractivity contribution >= 4 is 22.5 Å². The van der Waals surface area contributed by atoms with Gasteiger partial charge in [0.25, 0.3) is 0 Å². The molecular formula is C14H13ClN4. The highest BCUT2D eigenvalue weighted by Crippen LogP contribution is 2.22. The van der Waals surface area contributed by atoms with Crippen LogP contribution >= 0.6 is 11.6 Å². The van der Waals surface area contributed by atoms with Crippen LogP contribution in [0.25, 0.3) is 16.6 Å². The van der Waals surface area contributed by atoms with Crippen molar-refractivity contribution in [1.29, 1.82) is 0 Å². The zero-order valence-electron chi connectivity index (χ0n) is 10.5. The normalized spacial score (nSPS) is 12.7. The number of aromatic nitrogens is 4. The van der Waals surface area contributed by atoms with Gasteiger partial charge in [0, 0.05) is 11.6 Å². The molecule has 0 radical (unpaired) electrons. The van der Waals surface area contributed by atoms with E-state index in [1.807, 2.05) is 43.5 Å². The highest BCUT2D eigenvalue weighted by molar-refractivity contribution is 6.20. The number of halogens is 1. The summed E-state index contributed by atoms with van der Waals surface area (Å²) < 4.78 is 1.74. The fourth-order valence-corrected chi connectivity index (χ4v) is 2.06. The van der Waals surface area contributed by atoms with Crippen molar-refractivity contribution in [3.8, 4) is 5.69 Å². The largest absolute Gasteiger partial charge is 0.256 e. The van der Waals surface area contributed by atoms with Crippen molar-refractivity contribution in [2.75, 3.05) is 0 Å². The van der Waals surface area contributed by atoms with Gasteiger partial charge >= 0.3 is 0 Å². The summed E-state index contributed by atoms with van der Waals surface area (Å²) in [7, 11) is 0. The van der Waals surface area contributed by atoms with Crippen molar-refractivity contribution in [1.82, 2.24) is 20.0 Å². The molecule has 0 spiro atoms. The van der Waals surface area contributed by atoms with Gasteiger partial charge in [-0.2, -0.15) is 0 Å². The summed E-state index contributed by atoms with van der Waals surface area (Å²) in [5.41, 5.74) is 2.73. The van der Waals surface area contributed by atoms with Crippen LogP contribution in [0.2, 0.25) is 0 Å². The molecule has 0 amide bonds. The van der Waals surface area contributed by atoms with E-state index in [-0.39, 0.29) is 5.38 Å². The quantitative estimate of drug-likeness (QED) is 0.686. The molecule has 2 heterocycles. The molecule has 0 bridgehead atoms. The fourth-order valence-electron chi connectivity index (χ4n) is 1.96. The van der Waals surface area contributed by atoms with Gasteiger partial charge in [-0.15, -0.1) is 16.7 Å². The minimum absolute atomic E-state index is 0.0872. The zero-order valence-corrected chi connectivity index (χ0v) is 11.2. The van der Waals surface area contributed by atoms with Crippen LogP contribution in [-0.2, 0) is 0 Å². The fraction of sp³-hybridized carbons (Fsp3) is 0.214. The van der Waals surface area contributed by atoms with Crippen molar-refractivity contribution in [2.24, 2.45) is 0 Å². The predicted octanol–water partition coefficient (Wildman–Crippen LogP) is 3.51. The van der Waals surface area contributed by atoms with E-state index in [0.717, 1.165) is 28.7 Å². The lowest BCUT2D eigenvalue weighted by molar-refractivity contribution is 0.786. The van der Waals surface area contributed by atoms with Gasteiger partial charge in [0.05, 0.1) is 22.8 Å². The number of rotatable bonds is 3. The van der Waals surface area contributed by atoms with Crippen LogP contribution in [0.5, 0.6) is 0 Å². The lowest BCUT2D eigenvalue weighted by atomic mass is 10.2. The lowest BCUT2D eigenvalue weighted by Crippen LogP contribution is -1.94. The van der Waals surface area contributed by atoms with Gasteiger partial charge in [-0.1, -0.05) is 18.2 Å². The molecule has 0 saturated heterocycles. The van der Waals surface area contributed by atoms with Crippen LogP contribution in [0, 0.1) is 0 Å². The van der Waals surface area contributed by atoms with E-state index in [4.69, 9.17) is 11.6 Å². The van der Waals surface area contributed by atoms with Crippen LogP contribution in [0.15, 0.2) is 42.7 Å². The van der Waals surface area contributed by atoms with E-state index in [9.17, 15) is 0 Å². The Labute approximate surface area is 116 Å². The summed E-state index contributed by atoms with van der Waals surface area (Å²) in [5.74, 6) is 0. The minimum atomic E-state index is -0.0872. The molecule has 1 unspecified atom stereocenters. The molecule has 1 atom stereocenters. The summed E-state index contributed by atoms with van der Waals surface area (Å²) in [5, 5.41) is 9.22. The minimum Gasteiger partial charge on any atom is -0.256 e. The lowest BCUT2D eigenvalue weighted by Gasteiger charge is -2.02. The molecule has 0 fully saturated rings. The predicted molar refractivity (Wildman–Crippen MR) is 75.5 cm³/mol. The summed E-state index contributed by atoms with van der Waals surface area (Å²) >= 11 is 6.16. The highest BCUT2D eigenvalue weighted by atomic mass is 35.5. The number of nitrogens with zero attached hydrogens (tertiary/aromatic N) is 4. The topological polar surface area (TPSA) is 43.6 Å². The third kappa shape index (κ3) is 2.31. The maximum atomic E-state index is 6.16. The number of hydrogen-bond donors (Lipinski definition) is 0. The molecule has 19 heavy (non-hydrogen) atoms. The molecule has 0 aliphatic carbocycles. The average molecular weight is 273 g/mol. The van der Waals surface area contributed by atoms with E-state index < -0.39 is 0 Å². The molecule has 2 aromatic heterocycles. The maximum absolute atomic E-state index is 6.16. The van der Waals surface area contributed by atoms with E-state index in [1.165, 1.54) is 0 Å². The monoisotopic (exact) mass is 272 g/mol. The van der Waals surface area contributed by atoms with E-state index in [2.05, 4.69) is 15.3 Å². The molecule has 3 aromatic rings. The first-order chi connectivity index (χ1) is 9.28. The van der Waals surface area contributed by atoms with E-state index >= 15 is 0 Å². The van der Waals surface area contributed by atoms with Crippen LogP contribution < -0.4 is 0 Å². The molecule has 96 valence electrons. The van der Waals surface area contributed by atoms with Crippen LogP contribution in [0.1, 0.15) is 24.4 Å². The molecule has 0 N–H and O–H groups in total. The molecule has 4 nitrogen and oxygen atoms in total. The molecular weight excluding hydrogens is 260 g/mol. The van der Waals surface area contributed by atoms with Gasteiger partial charge in [-0.3, -0.25) is 4.98 Å². The Morgan fingerprint density at radius 1 is 1.32 bits per heavy atom. The van der Waals surface area contributed by atoms with Crippen molar-refractivity contribution in [3.05, 3.63) is 48.4 Å². The van der Waals surface area contributed by atoms with Gasteiger partial charge in [0.2, 0.25) is 0 Å². The van der Waals surface area contributed by atoms with E-state index in [1.54, 1.807) is 10.9 Å². The van der Waals surface area contributed by atoms with Crippen molar-refractivity contribution in [2.45, 2.75) is 18.7 Å². The molecule has 0 aliphatic heterocycles. The van der Waals surface area contributed by atoms with Gasteiger partial charge in [0.15, 0.2) is 0 Å². The van der Waals surface area contributed by atoms with Crippen molar-refractivity contribution < 1.29 is 0 Å². The summed E-state index contributed by atoms with van der Waals surface area (Å²) in [4.78, 5) is 4.30. The van der Waals surface area contributed by atoms with Gasteiger partial charge in [-0.25, -0.2) is 4.68 Å². The number of hydrogen-bond acceptors (Lipinski definition) is 3. The summed E-state index contributed by atoms with van der Waals surface area (Å²) in [6, 6.07) is 9.94. The molecule has 3 rings (SSSR count). The molecule has 0 saturated carbocycles. The standard InChI is InChI=1S/C14H13ClN4/c1-2-12(15)14-9-19(18-17-14)11-5-6-13-10(8-11)4-3-7-16-13/h3-9,12H,2H2,1H3. The zero-order chi connectivity index (χ0) is 13.2. The molecule has 5 heteroatoms. The molecule has 0 aliphatic rings. The number of fused-ring (bicyclic) bond motifs is 1. The van der Waals surface area contributed by atoms with E-state index in [0.29, 0.717) is 0 Å². The van der Waals surface area contributed by atoms with Gasteiger partial charge in [-0.05, 0) is 30.7 Å². The summed E-state index contributed by atoms with van der Waals surface area (Å²) in [6.07, 6.45) is 4.50. The Morgan fingerprint density at radius 2 is 2.21 bits per heavy atom. The maximum Gasteiger partial charge on any atom is 0.101 e. The summed E-state index contributed by atoms with van der Waals surface area (Å²) in [6.45, 7) is 2.03. The smallest absolute Gasteiger partial charge is 0.101 e. The first-order valence-corrected chi connectivity index (χ1v) is 6.63. The number of alkyl halides is 1. The number of benzene rings is 1. The third-order valence-corrected chi connectivity index (χ3v) is 3.57. The second kappa shape index (κ2) is 4.97. The second-order valence-electron chi connectivity index (χ2n) is 4.34. The Bertz CT molecular complexity index is 707. The Balaban J connectivity index is 2.01. The van der Waals surface area contributed by atoms with Crippen LogP contribution in [0.3, 0.4) is 0 Å². The molecule has 1 aromatic carbocycles. The first kappa shape index (κ1) is 12.1. The number of pyridine rings is 1. The highest BCUT2D eigenvalue weighted by Gasteiger charge is 2.10. The van der Waals surface area contributed by atoms with Crippen LogP contribution in [-0.4, -0.2) is 20.0 Å². The Kier molecular flexibility index (Phi) is 3.17. The van der Waals surface area contributed by atoms with Crippen LogP contribution in [0.4, 0.5) is 0 Å². The third-order valence-electron chi connectivity index (χ3n) is 3.04. The second-order valence-corrected chi connectivity index (χ2v) is 4.87. The van der Waals surface area contributed by atoms with Gasteiger partial charge in [0.1, 0.15) is 5.69 Å².